The number of hydrogen-bond acceptors (Lipinski definition) is 3. The van der Waals surface area contributed by atoms with Crippen LogP contribution in [0.3, 0.4) is 0 Å². The molecule has 86 valence electrons. The summed E-state index contributed by atoms with van der Waals surface area (Å²) in [6, 6.07) is 0. The van der Waals surface area contributed by atoms with E-state index in [1.54, 1.807) is 6.08 Å². The van der Waals surface area contributed by atoms with E-state index in [1.165, 1.54) is 25.7 Å². The van der Waals surface area contributed by atoms with Crippen molar-refractivity contribution in [1.29, 1.82) is 0 Å². The van der Waals surface area contributed by atoms with Gasteiger partial charge in [0.15, 0.2) is 0 Å². The van der Waals surface area contributed by atoms with Crippen molar-refractivity contribution in [2.45, 2.75) is 31.8 Å². The molecule has 0 radical (unpaired) electrons. The third kappa shape index (κ3) is 6.25. The van der Waals surface area contributed by atoms with Gasteiger partial charge >= 0.3 is 5.97 Å². The van der Waals surface area contributed by atoms with Gasteiger partial charge < -0.3 is 15.2 Å². The second-order valence-corrected chi connectivity index (χ2v) is 3.72. The molecular weight excluding hydrogens is 194 g/mol. The number of carboxylic acids is 1. The van der Waals surface area contributed by atoms with Crippen LogP contribution >= 0.6 is 0 Å². The molecule has 1 aliphatic carbocycles. The molecular formula is C11H19NO3. The second-order valence-electron chi connectivity index (χ2n) is 3.72. The fraction of sp³-hybridized carbons (Fsp3) is 0.727. The SMILES string of the molecule is O=C(O)/C=C/CNCCOC1CCCC1. The monoisotopic (exact) mass is 213 g/mol. The largest absolute Gasteiger partial charge is 0.478 e. The van der Waals surface area contributed by atoms with E-state index in [2.05, 4.69) is 5.32 Å². The van der Waals surface area contributed by atoms with Crippen molar-refractivity contribution in [2.24, 2.45) is 0 Å². The highest BCUT2D eigenvalue weighted by Gasteiger charge is 2.14. The van der Waals surface area contributed by atoms with Crippen molar-refractivity contribution in [2.75, 3.05) is 19.7 Å². The molecule has 4 nitrogen and oxygen atoms in total. The van der Waals surface area contributed by atoms with Crippen molar-refractivity contribution >= 4 is 5.97 Å². The maximum atomic E-state index is 10.1. The third-order valence-corrected chi connectivity index (χ3v) is 2.46. The van der Waals surface area contributed by atoms with Gasteiger partial charge in [-0.2, -0.15) is 0 Å². The minimum atomic E-state index is -0.904. The zero-order chi connectivity index (χ0) is 10.9. The van der Waals surface area contributed by atoms with E-state index in [0.717, 1.165) is 12.6 Å². The van der Waals surface area contributed by atoms with Crippen LogP contribution in [-0.2, 0) is 9.53 Å². The van der Waals surface area contributed by atoms with E-state index in [0.29, 0.717) is 19.3 Å². The first-order valence-corrected chi connectivity index (χ1v) is 5.51. The Bertz CT molecular complexity index is 210. The van der Waals surface area contributed by atoms with Crippen molar-refractivity contribution in [3.8, 4) is 0 Å². The lowest BCUT2D eigenvalue weighted by molar-refractivity contribution is -0.131. The molecule has 4 heteroatoms. The van der Waals surface area contributed by atoms with E-state index in [4.69, 9.17) is 9.84 Å². The first-order valence-electron chi connectivity index (χ1n) is 5.51. The van der Waals surface area contributed by atoms with Crippen molar-refractivity contribution in [3.05, 3.63) is 12.2 Å². The smallest absolute Gasteiger partial charge is 0.328 e. The van der Waals surface area contributed by atoms with Crippen LogP contribution in [0, 0.1) is 0 Å². The first-order chi connectivity index (χ1) is 7.29. The molecule has 0 aromatic rings. The van der Waals surface area contributed by atoms with E-state index < -0.39 is 5.97 Å². The molecule has 0 aromatic carbocycles. The van der Waals surface area contributed by atoms with Gasteiger partial charge in [-0.1, -0.05) is 18.9 Å². The topological polar surface area (TPSA) is 58.6 Å². The lowest BCUT2D eigenvalue weighted by Gasteiger charge is -2.10. The van der Waals surface area contributed by atoms with Gasteiger partial charge in [0, 0.05) is 19.2 Å². The molecule has 1 aliphatic rings. The number of nitrogens with one attached hydrogen (secondary N) is 1. The summed E-state index contributed by atoms with van der Waals surface area (Å²) < 4.78 is 5.63. The summed E-state index contributed by atoms with van der Waals surface area (Å²) in [4.78, 5) is 10.1. The zero-order valence-corrected chi connectivity index (χ0v) is 8.95. The number of ether oxygens (including phenoxy) is 1. The van der Waals surface area contributed by atoms with Gasteiger partial charge in [0.2, 0.25) is 0 Å². The van der Waals surface area contributed by atoms with Crippen LogP contribution in [0.15, 0.2) is 12.2 Å². The molecule has 1 rings (SSSR count). The molecule has 0 bridgehead atoms. The highest BCUT2D eigenvalue weighted by molar-refractivity contribution is 5.79. The van der Waals surface area contributed by atoms with Crippen LogP contribution in [0.5, 0.6) is 0 Å². The summed E-state index contributed by atoms with van der Waals surface area (Å²) in [6.07, 6.45) is 8.17. The third-order valence-electron chi connectivity index (χ3n) is 2.46. The molecule has 0 amide bonds. The molecule has 0 saturated heterocycles. The molecule has 0 unspecified atom stereocenters. The average molecular weight is 213 g/mol. The molecule has 0 aliphatic heterocycles. The maximum absolute atomic E-state index is 10.1. The average Bonchev–Trinajstić information content (AvgIpc) is 2.68. The van der Waals surface area contributed by atoms with E-state index in [9.17, 15) is 4.79 Å². The van der Waals surface area contributed by atoms with Gasteiger partial charge in [-0.25, -0.2) is 4.79 Å². The normalized spacial score (nSPS) is 17.6. The molecule has 0 atom stereocenters. The Morgan fingerprint density at radius 2 is 2.20 bits per heavy atom. The number of carbonyl (C=O) groups is 1. The standard InChI is InChI=1S/C11H19NO3/c13-11(14)6-3-7-12-8-9-15-10-4-1-2-5-10/h3,6,10,12H,1-2,4-5,7-9H2,(H,13,14)/b6-3+. The minimum absolute atomic E-state index is 0.460. The highest BCUT2D eigenvalue weighted by Crippen LogP contribution is 2.20. The summed E-state index contributed by atoms with van der Waals surface area (Å²) in [5.74, 6) is -0.904. The van der Waals surface area contributed by atoms with Gasteiger partial charge in [-0.05, 0) is 12.8 Å². The minimum Gasteiger partial charge on any atom is -0.478 e. The van der Waals surface area contributed by atoms with Crippen LogP contribution in [0.2, 0.25) is 0 Å². The molecule has 0 spiro atoms. The number of rotatable bonds is 7. The molecule has 0 aromatic heterocycles. The van der Waals surface area contributed by atoms with Gasteiger partial charge in [0.1, 0.15) is 0 Å². The lowest BCUT2D eigenvalue weighted by atomic mass is 10.3. The number of hydrogen-bond donors (Lipinski definition) is 2. The lowest BCUT2D eigenvalue weighted by Crippen LogP contribution is -2.22. The second kappa shape index (κ2) is 7.43. The molecule has 2 N–H and O–H groups in total. The van der Waals surface area contributed by atoms with Crippen LogP contribution in [0.4, 0.5) is 0 Å². The van der Waals surface area contributed by atoms with E-state index in [-0.39, 0.29) is 0 Å². The van der Waals surface area contributed by atoms with Crippen molar-refractivity contribution in [1.82, 2.24) is 5.32 Å². The highest BCUT2D eigenvalue weighted by atomic mass is 16.5. The summed E-state index contributed by atoms with van der Waals surface area (Å²) in [7, 11) is 0. The van der Waals surface area contributed by atoms with E-state index >= 15 is 0 Å². The Kier molecular flexibility index (Phi) is 6.04. The Morgan fingerprint density at radius 1 is 1.47 bits per heavy atom. The van der Waals surface area contributed by atoms with Gasteiger partial charge in [0.05, 0.1) is 12.7 Å². The molecule has 15 heavy (non-hydrogen) atoms. The Hall–Kier alpha value is -0.870. The first kappa shape index (κ1) is 12.2. The van der Waals surface area contributed by atoms with Crippen LogP contribution in [0.1, 0.15) is 25.7 Å². The summed E-state index contributed by atoms with van der Waals surface area (Å²) in [5, 5.41) is 11.4. The molecule has 1 fully saturated rings. The summed E-state index contributed by atoms with van der Waals surface area (Å²) in [6.45, 7) is 2.08. The van der Waals surface area contributed by atoms with Crippen LogP contribution in [-0.4, -0.2) is 36.9 Å². The Balaban J connectivity index is 1.86. The predicted molar refractivity (Wildman–Crippen MR) is 57.9 cm³/mol. The van der Waals surface area contributed by atoms with Crippen LogP contribution in [0.25, 0.3) is 0 Å². The summed E-state index contributed by atoms with van der Waals surface area (Å²) in [5.41, 5.74) is 0. The molecule has 1 saturated carbocycles. The quantitative estimate of drug-likeness (QED) is 0.492. The fourth-order valence-corrected chi connectivity index (χ4v) is 1.70. The predicted octanol–water partition coefficient (Wildman–Crippen LogP) is 1.18. The summed E-state index contributed by atoms with van der Waals surface area (Å²) >= 11 is 0. The zero-order valence-electron chi connectivity index (χ0n) is 8.95. The fourth-order valence-electron chi connectivity index (χ4n) is 1.70. The Morgan fingerprint density at radius 3 is 2.87 bits per heavy atom. The van der Waals surface area contributed by atoms with Crippen LogP contribution < -0.4 is 5.32 Å². The molecule has 0 heterocycles. The van der Waals surface area contributed by atoms with Gasteiger partial charge in [-0.15, -0.1) is 0 Å². The van der Waals surface area contributed by atoms with Crippen molar-refractivity contribution in [3.63, 3.8) is 0 Å². The Labute approximate surface area is 90.3 Å². The van der Waals surface area contributed by atoms with E-state index in [1.807, 2.05) is 0 Å². The van der Waals surface area contributed by atoms with Gasteiger partial charge in [-0.3, -0.25) is 0 Å². The number of aliphatic carboxylic acids is 1. The van der Waals surface area contributed by atoms with Crippen molar-refractivity contribution < 1.29 is 14.6 Å². The van der Waals surface area contributed by atoms with Gasteiger partial charge in [0.25, 0.3) is 0 Å². The maximum Gasteiger partial charge on any atom is 0.328 e. The number of carboxylic acid groups (broad SMARTS) is 1.